The molecule has 6 unspecified atom stereocenters. The van der Waals surface area contributed by atoms with E-state index in [2.05, 4.69) is 6.92 Å². The van der Waals surface area contributed by atoms with Crippen LogP contribution in [-0.4, -0.2) is 51.5 Å². The Kier molecular flexibility index (Phi) is 5.92. The van der Waals surface area contributed by atoms with Crippen LogP contribution in [-0.2, 0) is 14.3 Å². The first-order valence-electron chi connectivity index (χ1n) is 11.1. The summed E-state index contributed by atoms with van der Waals surface area (Å²) in [7, 11) is 0. The normalized spacial score (nSPS) is 42.2. The minimum atomic E-state index is -2.11. The van der Waals surface area contributed by atoms with Crippen molar-refractivity contribution < 1.29 is 29.6 Å². The molecular formula is C25H36O6. The summed E-state index contributed by atoms with van der Waals surface area (Å²) < 4.78 is 5.72. The van der Waals surface area contributed by atoms with Crippen molar-refractivity contribution in [2.24, 2.45) is 28.6 Å². The van der Waals surface area contributed by atoms with E-state index in [1.165, 1.54) is 0 Å². The highest BCUT2D eigenvalue weighted by Crippen LogP contribution is 2.62. The van der Waals surface area contributed by atoms with Crippen molar-refractivity contribution in [1.82, 2.24) is 0 Å². The number of carbonyl (C=O) groups is 2. The number of aliphatic hydroxyl groups excluding tert-OH is 2. The topological polar surface area (TPSA) is 104 Å². The lowest BCUT2D eigenvalue weighted by Crippen LogP contribution is -2.65. The fraction of sp³-hybridized carbons (Fsp3) is 0.680. The van der Waals surface area contributed by atoms with Gasteiger partial charge in [-0.25, -0.2) is 4.79 Å². The van der Waals surface area contributed by atoms with Gasteiger partial charge in [0.15, 0.2) is 17.5 Å². The first kappa shape index (κ1) is 23.9. The SMILES string of the molecule is C/C=C(/C)C(=O)OC1C(C)=CC23C(=O)C(C=C(CO)C(O)C12O)C(C)(C)C(C)C[C@H]3C. The summed E-state index contributed by atoms with van der Waals surface area (Å²) >= 11 is 0. The van der Waals surface area contributed by atoms with Gasteiger partial charge < -0.3 is 20.1 Å². The summed E-state index contributed by atoms with van der Waals surface area (Å²) in [6.45, 7) is 12.6. The Hall–Kier alpha value is -1.76. The quantitative estimate of drug-likeness (QED) is 0.360. The first-order valence-corrected chi connectivity index (χ1v) is 11.1. The molecule has 172 valence electrons. The lowest BCUT2D eigenvalue weighted by Gasteiger charge is -2.48. The third-order valence-corrected chi connectivity index (χ3v) is 8.49. The Morgan fingerprint density at radius 2 is 1.90 bits per heavy atom. The fourth-order valence-corrected chi connectivity index (χ4v) is 5.97. The molecule has 31 heavy (non-hydrogen) atoms. The van der Waals surface area contributed by atoms with E-state index < -0.39 is 47.1 Å². The molecule has 1 spiro atoms. The van der Waals surface area contributed by atoms with Crippen LogP contribution in [0, 0.1) is 28.6 Å². The first-order chi connectivity index (χ1) is 14.3. The molecule has 3 rings (SSSR count). The highest BCUT2D eigenvalue weighted by molar-refractivity contribution is 5.95. The lowest BCUT2D eigenvalue weighted by molar-refractivity contribution is -0.201. The molecule has 6 nitrogen and oxygen atoms in total. The average Bonchev–Trinajstić information content (AvgIpc) is 2.88. The maximum Gasteiger partial charge on any atom is 0.334 e. The number of aliphatic hydroxyl groups is 3. The molecule has 0 heterocycles. The molecule has 2 bridgehead atoms. The standard InChI is InChI=1S/C25H36O6/c1-8-13(2)22(29)31-21-14(3)11-24-16(5)9-15(4)23(6,7)18(20(24)28)10-17(12-26)19(27)25(21,24)30/h8,10-11,15-16,18-19,21,26-27,30H,9,12H2,1-7H3/b13-8-/t15?,16-,18?,19?,21?,24?,25?/m1/s1. The number of fused-ring (bicyclic) bond motifs is 1. The zero-order chi connectivity index (χ0) is 23.5. The summed E-state index contributed by atoms with van der Waals surface area (Å²) in [5.41, 5.74) is -2.91. The molecule has 0 aromatic rings. The Morgan fingerprint density at radius 3 is 2.45 bits per heavy atom. The summed E-state index contributed by atoms with van der Waals surface area (Å²) in [6, 6.07) is 0. The van der Waals surface area contributed by atoms with Crippen molar-refractivity contribution in [3.8, 4) is 0 Å². The van der Waals surface area contributed by atoms with Gasteiger partial charge in [0.25, 0.3) is 0 Å². The minimum Gasteiger partial charge on any atom is -0.451 e. The van der Waals surface area contributed by atoms with Crippen molar-refractivity contribution in [2.75, 3.05) is 6.61 Å². The largest absolute Gasteiger partial charge is 0.451 e. The molecule has 3 N–H and O–H groups in total. The molecule has 3 aliphatic carbocycles. The molecule has 7 atom stereocenters. The van der Waals surface area contributed by atoms with Gasteiger partial charge in [0.1, 0.15) is 6.10 Å². The number of esters is 1. The van der Waals surface area contributed by atoms with Crippen LogP contribution >= 0.6 is 0 Å². The molecule has 0 saturated heterocycles. The summed E-state index contributed by atoms with van der Waals surface area (Å²) in [4.78, 5) is 26.8. The molecule has 0 aromatic carbocycles. The third kappa shape index (κ3) is 3.02. The number of ether oxygens (including phenoxy) is 1. The fourth-order valence-electron chi connectivity index (χ4n) is 5.97. The molecule has 0 radical (unpaired) electrons. The van der Waals surface area contributed by atoms with E-state index in [9.17, 15) is 24.9 Å². The Bertz CT molecular complexity index is 880. The van der Waals surface area contributed by atoms with Crippen molar-refractivity contribution in [1.29, 1.82) is 0 Å². The molecular weight excluding hydrogens is 396 g/mol. The molecule has 6 heteroatoms. The second-order valence-corrected chi connectivity index (χ2v) is 10.3. The van der Waals surface area contributed by atoms with E-state index in [1.54, 1.807) is 39.0 Å². The number of hydrogen-bond acceptors (Lipinski definition) is 6. The number of allylic oxidation sites excluding steroid dienone is 2. The Morgan fingerprint density at radius 1 is 1.29 bits per heavy atom. The zero-order valence-corrected chi connectivity index (χ0v) is 19.6. The van der Waals surface area contributed by atoms with Crippen LogP contribution in [0.2, 0.25) is 0 Å². The smallest absolute Gasteiger partial charge is 0.334 e. The highest BCUT2D eigenvalue weighted by Gasteiger charge is 2.73. The van der Waals surface area contributed by atoms with E-state index in [1.807, 2.05) is 20.8 Å². The summed E-state index contributed by atoms with van der Waals surface area (Å²) in [6.07, 6.45) is 2.86. The number of hydrogen-bond donors (Lipinski definition) is 3. The van der Waals surface area contributed by atoms with Crippen molar-refractivity contribution in [3.63, 3.8) is 0 Å². The predicted octanol–water partition coefficient (Wildman–Crippen LogP) is 2.72. The maximum atomic E-state index is 14.2. The molecule has 0 amide bonds. The van der Waals surface area contributed by atoms with Crippen LogP contribution in [0.5, 0.6) is 0 Å². The van der Waals surface area contributed by atoms with Crippen molar-refractivity contribution >= 4 is 11.8 Å². The van der Waals surface area contributed by atoms with E-state index >= 15 is 0 Å². The Labute approximate surface area is 184 Å². The number of carbonyl (C=O) groups excluding carboxylic acids is 2. The van der Waals surface area contributed by atoms with E-state index in [0.717, 1.165) is 0 Å². The molecule has 1 fully saturated rings. The molecule has 0 aliphatic heterocycles. The molecule has 0 aromatic heterocycles. The van der Waals surface area contributed by atoms with Gasteiger partial charge in [0, 0.05) is 11.5 Å². The zero-order valence-electron chi connectivity index (χ0n) is 19.6. The minimum absolute atomic E-state index is 0.145. The van der Waals surface area contributed by atoms with Crippen LogP contribution < -0.4 is 0 Å². The summed E-state index contributed by atoms with van der Waals surface area (Å²) in [5, 5.41) is 33.7. The van der Waals surface area contributed by atoms with Gasteiger partial charge in [0.2, 0.25) is 0 Å². The monoisotopic (exact) mass is 432 g/mol. The van der Waals surface area contributed by atoms with Gasteiger partial charge >= 0.3 is 5.97 Å². The highest BCUT2D eigenvalue weighted by atomic mass is 16.6. The van der Waals surface area contributed by atoms with Gasteiger partial charge in [-0.05, 0) is 55.6 Å². The number of Topliss-reactive ketones (excluding diaryl/α,β-unsaturated/α-hetero) is 1. The van der Waals surface area contributed by atoms with Crippen LogP contribution in [0.4, 0.5) is 0 Å². The predicted molar refractivity (Wildman–Crippen MR) is 117 cm³/mol. The Balaban J connectivity index is 2.30. The lowest BCUT2D eigenvalue weighted by atomic mass is 9.59. The molecule has 3 aliphatic rings. The van der Waals surface area contributed by atoms with Crippen LogP contribution in [0.25, 0.3) is 0 Å². The second-order valence-electron chi connectivity index (χ2n) is 10.3. The van der Waals surface area contributed by atoms with E-state index in [4.69, 9.17) is 4.74 Å². The van der Waals surface area contributed by atoms with Gasteiger partial charge in [-0.1, -0.05) is 45.9 Å². The average molecular weight is 433 g/mol. The maximum absolute atomic E-state index is 14.2. The van der Waals surface area contributed by atoms with Crippen molar-refractivity contribution in [3.05, 3.63) is 34.9 Å². The van der Waals surface area contributed by atoms with Gasteiger partial charge in [-0.3, -0.25) is 4.79 Å². The van der Waals surface area contributed by atoms with Crippen LogP contribution in [0.3, 0.4) is 0 Å². The van der Waals surface area contributed by atoms with Gasteiger partial charge in [0.05, 0.1) is 12.0 Å². The van der Waals surface area contributed by atoms with Gasteiger partial charge in [-0.2, -0.15) is 0 Å². The van der Waals surface area contributed by atoms with Crippen molar-refractivity contribution in [2.45, 2.75) is 72.7 Å². The number of ketones is 1. The number of rotatable bonds is 3. The molecule has 1 saturated carbocycles. The summed E-state index contributed by atoms with van der Waals surface area (Å²) in [5.74, 6) is -1.58. The second kappa shape index (κ2) is 7.68. The van der Waals surface area contributed by atoms with Crippen LogP contribution in [0.15, 0.2) is 34.9 Å². The van der Waals surface area contributed by atoms with E-state index in [0.29, 0.717) is 17.6 Å². The van der Waals surface area contributed by atoms with E-state index in [-0.39, 0.29) is 23.2 Å². The van der Waals surface area contributed by atoms with Gasteiger partial charge in [-0.15, -0.1) is 0 Å². The third-order valence-electron chi connectivity index (χ3n) is 8.49. The van der Waals surface area contributed by atoms with Crippen LogP contribution in [0.1, 0.15) is 54.9 Å².